The van der Waals surface area contributed by atoms with Crippen molar-refractivity contribution >= 4 is 5.69 Å². The summed E-state index contributed by atoms with van der Waals surface area (Å²) < 4.78 is 17.7. The molecule has 0 bridgehead atoms. The molecule has 4 heteroatoms. The van der Waals surface area contributed by atoms with E-state index in [1.54, 1.807) is 0 Å². The predicted molar refractivity (Wildman–Crippen MR) is 72.1 cm³/mol. The van der Waals surface area contributed by atoms with E-state index in [4.69, 9.17) is 10.5 Å². The molecule has 1 fully saturated rings. The Balaban J connectivity index is 2.16. The fourth-order valence-corrected chi connectivity index (χ4v) is 2.29. The van der Waals surface area contributed by atoms with Gasteiger partial charge in [-0.25, -0.2) is 4.39 Å². The van der Waals surface area contributed by atoms with Gasteiger partial charge in [-0.2, -0.15) is 0 Å². The number of piperidine rings is 1. The van der Waals surface area contributed by atoms with Gasteiger partial charge in [0.2, 0.25) is 0 Å². The summed E-state index contributed by atoms with van der Waals surface area (Å²) in [5, 5.41) is 0. The molecule has 18 heavy (non-hydrogen) atoms. The monoisotopic (exact) mass is 252 g/mol. The number of ether oxygens (including phenoxy) is 1. The molecule has 0 radical (unpaired) electrons. The maximum absolute atomic E-state index is 12.2. The van der Waals surface area contributed by atoms with Crippen LogP contribution in [-0.4, -0.2) is 32.4 Å². The third-order valence-corrected chi connectivity index (χ3v) is 3.33. The maximum Gasteiger partial charge on any atom is 0.142 e. The Hall–Kier alpha value is -1.29. The van der Waals surface area contributed by atoms with Crippen LogP contribution in [0.3, 0.4) is 0 Å². The minimum Gasteiger partial charge on any atom is -0.489 e. The number of nitrogens with zero attached hydrogens (tertiary/aromatic N) is 1. The largest absolute Gasteiger partial charge is 0.489 e. The highest BCUT2D eigenvalue weighted by molar-refractivity contribution is 5.60. The number of hydrogen-bond acceptors (Lipinski definition) is 3. The lowest BCUT2D eigenvalue weighted by atomic mass is 10.0. The van der Waals surface area contributed by atoms with Crippen LogP contribution in [0.2, 0.25) is 0 Å². The Morgan fingerprint density at radius 1 is 1.39 bits per heavy atom. The van der Waals surface area contributed by atoms with Gasteiger partial charge in [0, 0.05) is 19.1 Å². The van der Waals surface area contributed by atoms with E-state index in [0.717, 1.165) is 37.4 Å². The summed E-state index contributed by atoms with van der Waals surface area (Å²) in [7, 11) is 0. The zero-order valence-corrected chi connectivity index (χ0v) is 10.9. The normalized spacial score (nSPS) is 16.9. The Morgan fingerprint density at radius 2 is 2.11 bits per heavy atom. The first-order valence-corrected chi connectivity index (χ1v) is 6.50. The first-order valence-electron chi connectivity index (χ1n) is 6.50. The fraction of sp³-hybridized carbons (Fsp3) is 0.571. The lowest BCUT2D eigenvalue weighted by molar-refractivity contribution is 0.273. The van der Waals surface area contributed by atoms with Crippen LogP contribution in [0.25, 0.3) is 0 Å². The van der Waals surface area contributed by atoms with Crippen LogP contribution in [-0.2, 0) is 0 Å². The molecule has 0 aliphatic carbocycles. The molecule has 2 rings (SSSR count). The van der Waals surface area contributed by atoms with Crippen molar-refractivity contribution in [1.29, 1.82) is 0 Å². The second-order valence-electron chi connectivity index (χ2n) is 4.83. The summed E-state index contributed by atoms with van der Waals surface area (Å²) in [5.74, 6) is 0.772. The lowest BCUT2D eigenvalue weighted by Crippen LogP contribution is -2.39. The molecule has 0 unspecified atom stereocenters. The number of rotatable bonds is 4. The van der Waals surface area contributed by atoms with Crippen molar-refractivity contribution in [3.63, 3.8) is 0 Å². The fourth-order valence-electron chi connectivity index (χ4n) is 2.29. The van der Waals surface area contributed by atoms with E-state index < -0.39 is 6.67 Å². The maximum atomic E-state index is 12.2. The number of aryl methyl sites for hydroxylation is 1. The van der Waals surface area contributed by atoms with E-state index in [1.165, 1.54) is 5.56 Å². The van der Waals surface area contributed by atoms with Crippen LogP contribution in [0.5, 0.6) is 5.75 Å². The van der Waals surface area contributed by atoms with Gasteiger partial charge < -0.3 is 15.4 Å². The van der Waals surface area contributed by atoms with Crippen LogP contribution < -0.4 is 15.4 Å². The van der Waals surface area contributed by atoms with Crippen molar-refractivity contribution in [2.24, 2.45) is 5.73 Å². The molecule has 100 valence electrons. The quantitative estimate of drug-likeness (QED) is 0.893. The Morgan fingerprint density at radius 3 is 2.78 bits per heavy atom. The molecule has 1 aliphatic rings. The molecule has 2 N–H and O–H groups in total. The molecular weight excluding hydrogens is 231 g/mol. The standard InChI is InChI=1S/C14H21FN2O/c1-11-2-3-14(18-9-6-15)13(10-11)17-7-4-12(16)5-8-17/h2-3,10,12H,4-9,16H2,1H3. The molecule has 0 saturated carbocycles. The van der Waals surface area contributed by atoms with Crippen molar-refractivity contribution < 1.29 is 9.13 Å². The van der Waals surface area contributed by atoms with E-state index >= 15 is 0 Å². The number of hydrogen-bond donors (Lipinski definition) is 1. The van der Waals surface area contributed by atoms with E-state index in [-0.39, 0.29) is 6.61 Å². The first-order chi connectivity index (χ1) is 8.70. The van der Waals surface area contributed by atoms with Crippen molar-refractivity contribution in [2.45, 2.75) is 25.8 Å². The van der Waals surface area contributed by atoms with Gasteiger partial charge in [-0.15, -0.1) is 0 Å². The molecule has 0 atom stereocenters. The van der Waals surface area contributed by atoms with Gasteiger partial charge >= 0.3 is 0 Å². The summed E-state index contributed by atoms with van der Waals surface area (Å²) in [6, 6.07) is 6.33. The smallest absolute Gasteiger partial charge is 0.142 e. The zero-order valence-electron chi connectivity index (χ0n) is 10.9. The van der Waals surface area contributed by atoms with Crippen molar-refractivity contribution in [1.82, 2.24) is 0 Å². The summed E-state index contributed by atoms with van der Waals surface area (Å²) >= 11 is 0. The second kappa shape index (κ2) is 6.05. The molecule has 1 aromatic rings. The van der Waals surface area contributed by atoms with Gasteiger partial charge in [-0.05, 0) is 37.5 Å². The van der Waals surface area contributed by atoms with Gasteiger partial charge in [0.05, 0.1) is 5.69 Å². The highest BCUT2D eigenvalue weighted by Gasteiger charge is 2.19. The lowest BCUT2D eigenvalue weighted by Gasteiger charge is -2.33. The van der Waals surface area contributed by atoms with Gasteiger partial charge in [0.25, 0.3) is 0 Å². The highest BCUT2D eigenvalue weighted by atomic mass is 19.1. The molecule has 0 aromatic heterocycles. The molecule has 1 aromatic carbocycles. The summed E-state index contributed by atoms with van der Waals surface area (Å²) in [6.07, 6.45) is 1.99. The topological polar surface area (TPSA) is 38.5 Å². The molecule has 0 amide bonds. The van der Waals surface area contributed by atoms with Crippen molar-refractivity contribution in [2.75, 3.05) is 31.3 Å². The number of anilines is 1. The molecular formula is C14H21FN2O. The first kappa shape index (κ1) is 13.1. The highest BCUT2D eigenvalue weighted by Crippen LogP contribution is 2.31. The Kier molecular flexibility index (Phi) is 4.42. The molecule has 1 aliphatic heterocycles. The van der Waals surface area contributed by atoms with Crippen molar-refractivity contribution in [3.8, 4) is 5.75 Å². The molecule has 1 heterocycles. The van der Waals surface area contributed by atoms with Crippen molar-refractivity contribution in [3.05, 3.63) is 23.8 Å². The predicted octanol–water partition coefficient (Wildman–Crippen LogP) is 2.27. The molecule has 1 saturated heterocycles. The van der Waals surface area contributed by atoms with E-state index in [9.17, 15) is 4.39 Å². The van der Waals surface area contributed by atoms with Gasteiger partial charge in [-0.1, -0.05) is 6.07 Å². The summed E-state index contributed by atoms with van der Waals surface area (Å²) in [4.78, 5) is 2.28. The van der Waals surface area contributed by atoms with E-state index in [1.807, 2.05) is 12.1 Å². The molecule has 3 nitrogen and oxygen atoms in total. The average Bonchev–Trinajstić information content (AvgIpc) is 2.38. The zero-order chi connectivity index (χ0) is 13.0. The molecule has 0 spiro atoms. The van der Waals surface area contributed by atoms with Crippen LogP contribution >= 0.6 is 0 Å². The number of halogens is 1. The number of alkyl halides is 1. The van der Waals surface area contributed by atoms with Crippen LogP contribution in [0.4, 0.5) is 10.1 Å². The van der Waals surface area contributed by atoms with Gasteiger partial charge in [0.1, 0.15) is 19.0 Å². The third kappa shape index (κ3) is 3.13. The summed E-state index contributed by atoms with van der Waals surface area (Å²) in [6.45, 7) is 3.59. The van der Waals surface area contributed by atoms with Crippen LogP contribution in [0, 0.1) is 6.92 Å². The minimum absolute atomic E-state index is 0.114. The second-order valence-corrected chi connectivity index (χ2v) is 4.83. The SMILES string of the molecule is Cc1ccc(OCCF)c(N2CCC(N)CC2)c1. The van der Waals surface area contributed by atoms with Gasteiger partial charge in [0.15, 0.2) is 0 Å². The van der Waals surface area contributed by atoms with Crippen LogP contribution in [0.15, 0.2) is 18.2 Å². The summed E-state index contributed by atoms with van der Waals surface area (Å²) in [5.41, 5.74) is 8.17. The van der Waals surface area contributed by atoms with E-state index in [2.05, 4.69) is 17.9 Å². The van der Waals surface area contributed by atoms with E-state index in [0.29, 0.717) is 6.04 Å². The third-order valence-electron chi connectivity index (χ3n) is 3.33. The van der Waals surface area contributed by atoms with Gasteiger partial charge in [-0.3, -0.25) is 0 Å². The Bertz CT molecular complexity index is 389. The number of nitrogens with two attached hydrogens (primary N) is 1. The Labute approximate surface area is 108 Å². The average molecular weight is 252 g/mol. The number of benzene rings is 1. The van der Waals surface area contributed by atoms with Crippen LogP contribution in [0.1, 0.15) is 18.4 Å². The minimum atomic E-state index is -0.460.